The number of hydrogen-bond acceptors (Lipinski definition) is 5. The van der Waals surface area contributed by atoms with E-state index in [0.29, 0.717) is 29.7 Å². The Morgan fingerprint density at radius 3 is 2.50 bits per heavy atom. The highest BCUT2D eigenvalue weighted by Crippen LogP contribution is 2.18. The van der Waals surface area contributed by atoms with E-state index in [-0.39, 0.29) is 12.3 Å². The molecular weight excluding hydrogens is 405 g/mol. The first-order valence-corrected chi connectivity index (χ1v) is 9.69. The molecule has 0 fully saturated rings. The molecule has 0 heterocycles. The molecule has 0 spiro atoms. The van der Waals surface area contributed by atoms with Gasteiger partial charge in [0.1, 0.15) is 5.75 Å². The largest absolute Gasteiger partial charge is 0.484 e. The molecule has 1 amide bonds. The normalized spacial score (nSPS) is 10.7. The number of nitrogens with zero attached hydrogens (tertiary/aromatic N) is 2. The third-order valence-electron chi connectivity index (χ3n) is 3.82. The monoisotopic (exact) mass is 425 g/mol. The Labute approximate surface area is 173 Å². The van der Waals surface area contributed by atoms with E-state index in [2.05, 4.69) is 10.2 Å². The molecule has 150 valence electrons. The number of anilines is 1. The van der Waals surface area contributed by atoms with Gasteiger partial charge >= 0.3 is 0 Å². The summed E-state index contributed by atoms with van der Waals surface area (Å²) in [5.41, 5.74) is 1.27. The van der Waals surface area contributed by atoms with E-state index in [1.165, 1.54) is 18.2 Å². The number of amides is 1. The SMILES string of the molecule is O=C(COc1cccc(CN(CCCl)CCCl)c1)Nc1cccc([N+](=O)[O-])c1. The first kappa shape index (κ1) is 21.9. The highest BCUT2D eigenvalue weighted by Gasteiger charge is 2.10. The summed E-state index contributed by atoms with van der Waals surface area (Å²) >= 11 is 11.6. The fourth-order valence-electron chi connectivity index (χ4n) is 2.54. The van der Waals surface area contributed by atoms with Crippen LogP contribution in [0.25, 0.3) is 0 Å². The molecule has 1 N–H and O–H groups in total. The van der Waals surface area contributed by atoms with E-state index in [9.17, 15) is 14.9 Å². The summed E-state index contributed by atoms with van der Waals surface area (Å²) in [5.74, 6) is 1.19. The second-order valence-electron chi connectivity index (χ2n) is 5.95. The number of ether oxygens (including phenoxy) is 1. The van der Waals surface area contributed by atoms with Gasteiger partial charge in [0, 0.05) is 49.2 Å². The van der Waals surface area contributed by atoms with Gasteiger partial charge in [0.2, 0.25) is 0 Å². The number of nitrogens with one attached hydrogen (secondary N) is 1. The van der Waals surface area contributed by atoms with Crippen LogP contribution in [-0.4, -0.2) is 47.2 Å². The Balaban J connectivity index is 1.90. The van der Waals surface area contributed by atoms with Crippen LogP contribution >= 0.6 is 23.2 Å². The summed E-state index contributed by atoms with van der Waals surface area (Å²) < 4.78 is 5.54. The van der Waals surface area contributed by atoms with Crippen molar-refractivity contribution in [3.8, 4) is 5.75 Å². The lowest BCUT2D eigenvalue weighted by molar-refractivity contribution is -0.384. The van der Waals surface area contributed by atoms with Crippen LogP contribution in [-0.2, 0) is 11.3 Å². The van der Waals surface area contributed by atoms with Crippen LogP contribution in [0.1, 0.15) is 5.56 Å². The van der Waals surface area contributed by atoms with Crippen molar-refractivity contribution in [2.24, 2.45) is 0 Å². The van der Waals surface area contributed by atoms with Crippen LogP contribution in [0.4, 0.5) is 11.4 Å². The molecule has 0 aliphatic heterocycles. The second kappa shape index (κ2) is 11.5. The van der Waals surface area contributed by atoms with Crippen molar-refractivity contribution < 1.29 is 14.5 Å². The number of non-ortho nitro benzene ring substituents is 1. The molecular formula is C19H21Cl2N3O4. The number of nitro groups is 1. The second-order valence-corrected chi connectivity index (χ2v) is 6.70. The molecule has 28 heavy (non-hydrogen) atoms. The smallest absolute Gasteiger partial charge is 0.271 e. The number of hydrogen-bond donors (Lipinski definition) is 1. The number of alkyl halides is 2. The zero-order valence-corrected chi connectivity index (χ0v) is 16.7. The van der Waals surface area contributed by atoms with Gasteiger partial charge < -0.3 is 10.1 Å². The van der Waals surface area contributed by atoms with Crippen LogP contribution < -0.4 is 10.1 Å². The molecule has 2 rings (SSSR count). The number of carbonyl (C=O) groups excluding carboxylic acids is 1. The van der Waals surface area contributed by atoms with Crippen molar-refractivity contribution in [3.63, 3.8) is 0 Å². The fraction of sp³-hybridized carbons (Fsp3) is 0.316. The van der Waals surface area contributed by atoms with Gasteiger partial charge in [-0.1, -0.05) is 18.2 Å². The molecule has 0 bridgehead atoms. The van der Waals surface area contributed by atoms with E-state index in [4.69, 9.17) is 27.9 Å². The Morgan fingerprint density at radius 1 is 1.11 bits per heavy atom. The zero-order chi connectivity index (χ0) is 20.4. The Hall–Kier alpha value is -2.35. The summed E-state index contributed by atoms with van der Waals surface area (Å²) in [6.07, 6.45) is 0. The maximum Gasteiger partial charge on any atom is 0.271 e. The van der Waals surface area contributed by atoms with E-state index < -0.39 is 10.8 Å². The van der Waals surface area contributed by atoms with Gasteiger partial charge in [-0.05, 0) is 23.8 Å². The number of halogens is 2. The summed E-state index contributed by atoms with van der Waals surface area (Å²) in [6, 6.07) is 13.2. The standard InChI is InChI=1S/C19H21Cl2N3O4/c20-7-9-23(10-8-21)13-15-3-1-6-18(11-15)28-14-19(25)22-16-4-2-5-17(12-16)24(26)27/h1-6,11-12H,7-10,13-14H2,(H,22,25). The topological polar surface area (TPSA) is 84.7 Å². The fourth-order valence-corrected chi connectivity index (χ4v) is 3.02. The molecule has 0 aromatic heterocycles. The average Bonchev–Trinajstić information content (AvgIpc) is 2.67. The minimum absolute atomic E-state index is 0.0927. The van der Waals surface area contributed by atoms with Crippen LogP contribution in [0, 0.1) is 10.1 Å². The van der Waals surface area contributed by atoms with Crippen LogP contribution in [0.15, 0.2) is 48.5 Å². The Morgan fingerprint density at radius 2 is 1.82 bits per heavy atom. The van der Waals surface area contributed by atoms with E-state index in [0.717, 1.165) is 18.7 Å². The molecule has 0 aliphatic rings. The average molecular weight is 426 g/mol. The molecule has 0 saturated carbocycles. The lowest BCUT2D eigenvalue weighted by atomic mass is 10.2. The maximum atomic E-state index is 12.1. The van der Waals surface area contributed by atoms with Crippen molar-refractivity contribution in [1.29, 1.82) is 0 Å². The van der Waals surface area contributed by atoms with Gasteiger partial charge in [0.05, 0.1) is 4.92 Å². The molecule has 0 aliphatic carbocycles. The summed E-state index contributed by atoms with van der Waals surface area (Å²) in [4.78, 5) is 24.5. The predicted octanol–water partition coefficient (Wildman–Crippen LogP) is 3.89. The van der Waals surface area contributed by atoms with Gasteiger partial charge in [-0.2, -0.15) is 0 Å². The van der Waals surface area contributed by atoms with Gasteiger partial charge in [-0.15, -0.1) is 23.2 Å². The van der Waals surface area contributed by atoms with Crippen LogP contribution in [0.5, 0.6) is 5.75 Å². The van der Waals surface area contributed by atoms with E-state index in [1.54, 1.807) is 12.1 Å². The number of rotatable bonds is 11. The molecule has 0 unspecified atom stereocenters. The van der Waals surface area contributed by atoms with Gasteiger partial charge in [-0.25, -0.2) is 0 Å². The summed E-state index contributed by atoms with van der Waals surface area (Å²) in [6.45, 7) is 1.92. The number of benzene rings is 2. The van der Waals surface area contributed by atoms with Crippen molar-refractivity contribution >= 4 is 40.5 Å². The Bertz CT molecular complexity index is 798. The molecule has 0 radical (unpaired) electrons. The lowest BCUT2D eigenvalue weighted by Gasteiger charge is -2.20. The van der Waals surface area contributed by atoms with Gasteiger partial charge in [-0.3, -0.25) is 19.8 Å². The maximum absolute atomic E-state index is 12.1. The Kier molecular flexibility index (Phi) is 9.00. The van der Waals surface area contributed by atoms with Crippen LogP contribution in [0.2, 0.25) is 0 Å². The van der Waals surface area contributed by atoms with Gasteiger partial charge in [0.15, 0.2) is 6.61 Å². The first-order chi connectivity index (χ1) is 13.5. The molecule has 7 nitrogen and oxygen atoms in total. The summed E-state index contributed by atoms with van der Waals surface area (Å²) in [5, 5.41) is 13.4. The quantitative estimate of drug-likeness (QED) is 0.335. The highest BCUT2D eigenvalue weighted by atomic mass is 35.5. The molecule has 2 aromatic rings. The van der Waals surface area contributed by atoms with Crippen LogP contribution in [0.3, 0.4) is 0 Å². The predicted molar refractivity (Wildman–Crippen MR) is 110 cm³/mol. The number of carbonyl (C=O) groups is 1. The van der Waals surface area contributed by atoms with Gasteiger partial charge in [0.25, 0.3) is 11.6 Å². The summed E-state index contributed by atoms with van der Waals surface area (Å²) in [7, 11) is 0. The molecule has 2 aromatic carbocycles. The minimum Gasteiger partial charge on any atom is -0.484 e. The molecule has 0 atom stereocenters. The molecule has 0 saturated heterocycles. The third-order valence-corrected chi connectivity index (χ3v) is 4.15. The zero-order valence-electron chi connectivity index (χ0n) is 15.1. The highest BCUT2D eigenvalue weighted by molar-refractivity contribution is 6.18. The van der Waals surface area contributed by atoms with Crippen molar-refractivity contribution in [1.82, 2.24) is 4.90 Å². The molecule has 9 heteroatoms. The minimum atomic E-state index is -0.518. The van der Waals surface area contributed by atoms with E-state index >= 15 is 0 Å². The third kappa shape index (κ3) is 7.34. The van der Waals surface area contributed by atoms with Crippen molar-refractivity contribution in [3.05, 3.63) is 64.2 Å². The first-order valence-electron chi connectivity index (χ1n) is 8.62. The van der Waals surface area contributed by atoms with Crippen molar-refractivity contribution in [2.75, 3.05) is 36.8 Å². The van der Waals surface area contributed by atoms with Crippen molar-refractivity contribution in [2.45, 2.75) is 6.54 Å². The lowest BCUT2D eigenvalue weighted by Crippen LogP contribution is -2.27. The number of nitro benzene ring substituents is 1. The van der Waals surface area contributed by atoms with E-state index in [1.807, 2.05) is 18.2 Å².